The van der Waals surface area contributed by atoms with Gasteiger partial charge in [0, 0.05) is 10.0 Å². The molecule has 206 valence electrons. The van der Waals surface area contributed by atoms with Crippen molar-refractivity contribution in [1.82, 2.24) is 4.57 Å². The van der Waals surface area contributed by atoms with Gasteiger partial charge in [-0.3, -0.25) is 9.36 Å². The van der Waals surface area contributed by atoms with E-state index in [2.05, 4.69) is 20.9 Å². The number of fused-ring (bicyclic) bond motifs is 1. The van der Waals surface area contributed by atoms with Crippen LogP contribution >= 0.6 is 27.3 Å². The Morgan fingerprint density at radius 3 is 2.54 bits per heavy atom. The molecule has 2 aromatic carbocycles. The fourth-order valence-electron chi connectivity index (χ4n) is 4.37. The van der Waals surface area contributed by atoms with Crippen molar-refractivity contribution < 1.29 is 23.7 Å². The quantitative estimate of drug-likeness (QED) is 0.323. The maximum absolute atomic E-state index is 14.0. The predicted molar refractivity (Wildman–Crippen MR) is 154 cm³/mol. The molecule has 0 spiro atoms. The molecule has 2 heterocycles. The minimum atomic E-state index is -0.763. The third-order valence-electron chi connectivity index (χ3n) is 5.94. The van der Waals surface area contributed by atoms with Crippen molar-refractivity contribution >= 4 is 39.3 Å². The minimum absolute atomic E-state index is 0.0380. The number of carbonyl (C=O) groups is 1. The number of benzene rings is 2. The summed E-state index contributed by atoms with van der Waals surface area (Å²) in [6.07, 6.45) is 1.76. The van der Waals surface area contributed by atoms with Crippen LogP contribution in [0.2, 0.25) is 0 Å². The lowest BCUT2D eigenvalue weighted by atomic mass is 9.95. The number of ether oxygens (including phenoxy) is 4. The smallest absolute Gasteiger partial charge is 0.338 e. The molecule has 0 unspecified atom stereocenters. The highest BCUT2D eigenvalue weighted by molar-refractivity contribution is 9.10. The van der Waals surface area contributed by atoms with Crippen molar-refractivity contribution in [2.24, 2.45) is 4.99 Å². The van der Waals surface area contributed by atoms with E-state index in [1.807, 2.05) is 45.0 Å². The van der Waals surface area contributed by atoms with E-state index < -0.39 is 12.0 Å². The lowest BCUT2D eigenvalue weighted by Gasteiger charge is -2.25. The average Bonchev–Trinajstić information content (AvgIpc) is 3.19. The van der Waals surface area contributed by atoms with E-state index >= 15 is 0 Å². The third-order valence-corrected chi connectivity index (χ3v) is 7.42. The molecule has 1 atom stereocenters. The Labute approximate surface area is 239 Å². The van der Waals surface area contributed by atoms with Crippen LogP contribution in [0.1, 0.15) is 51.8 Å². The van der Waals surface area contributed by atoms with Crippen molar-refractivity contribution in [3.8, 4) is 17.2 Å². The van der Waals surface area contributed by atoms with E-state index in [0.29, 0.717) is 50.0 Å². The molecule has 8 nitrogen and oxygen atoms in total. The van der Waals surface area contributed by atoms with E-state index in [0.717, 1.165) is 10.0 Å². The highest BCUT2D eigenvalue weighted by Gasteiger charge is 2.34. The third kappa shape index (κ3) is 5.96. The molecule has 0 radical (unpaired) electrons. The molecule has 10 heteroatoms. The Hall–Kier alpha value is -3.37. The first kappa shape index (κ1) is 28.6. The first-order valence-corrected chi connectivity index (χ1v) is 14.3. The molecule has 0 N–H and O–H groups in total. The van der Waals surface area contributed by atoms with E-state index in [9.17, 15) is 9.59 Å². The lowest BCUT2D eigenvalue weighted by molar-refractivity contribution is -0.139. The van der Waals surface area contributed by atoms with Crippen LogP contribution in [0.25, 0.3) is 6.08 Å². The molecular weight excluding hydrogens is 584 g/mol. The van der Waals surface area contributed by atoms with E-state index in [4.69, 9.17) is 18.9 Å². The van der Waals surface area contributed by atoms with Crippen LogP contribution < -0.4 is 29.1 Å². The summed E-state index contributed by atoms with van der Waals surface area (Å²) in [5.74, 6) is 1.21. The van der Waals surface area contributed by atoms with Crippen LogP contribution in [0.4, 0.5) is 0 Å². The Bertz CT molecular complexity index is 1600. The van der Waals surface area contributed by atoms with Crippen LogP contribution in [-0.2, 0) is 9.53 Å². The summed E-state index contributed by atoms with van der Waals surface area (Å²) in [5.41, 5.74) is 1.95. The molecule has 0 aliphatic carbocycles. The summed E-state index contributed by atoms with van der Waals surface area (Å²) in [4.78, 5) is 32.3. The van der Waals surface area contributed by atoms with Crippen LogP contribution in [0.15, 0.2) is 61.9 Å². The van der Waals surface area contributed by atoms with Gasteiger partial charge in [0.15, 0.2) is 16.3 Å². The Morgan fingerprint density at radius 1 is 1.13 bits per heavy atom. The van der Waals surface area contributed by atoms with Gasteiger partial charge in [0.05, 0.1) is 48.3 Å². The standard InChI is InChI=1S/C29H31BrN2O6S/c1-7-36-23-14-18(9-11-22(23)35-6)26-25(28(34)37-8-2)17(5)31-29-32(26)27(33)24(39-29)15-19-13-20(30)10-12-21(19)38-16(3)4/h9-16,26H,7-8H2,1-6H3/b24-15+/t26-/m1/s1. The molecule has 0 bridgehead atoms. The Kier molecular flexibility index (Phi) is 8.97. The van der Waals surface area contributed by atoms with Gasteiger partial charge in [-0.15, -0.1) is 0 Å². The highest BCUT2D eigenvalue weighted by atomic mass is 79.9. The summed E-state index contributed by atoms with van der Waals surface area (Å²) < 4.78 is 25.5. The lowest BCUT2D eigenvalue weighted by Crippen LogP contribution is -2.40. The second kappa shape index (κ2) is 12.2. The van der Waals surface area contributed by atoms with Gasteiger partial charge < -0.3 is 18.9 Å². The van der Waals surface area contributed by atoms with Gasteiger partial charge in [-0.2, -0.15) is 0 Å². The van der Waals surface area contributed by atoms with Gasteiger partial charge in [0.2, 0.25) is 0 Å². The van der Waals surface area contributed by atoms with Gasteiger partial charge in [-0.25, -0.2) is 9.79 Å². The van der Waals surface area contributed by atoms with Gasteiger partial charge in [0.25, 0.3) is 5.56 Å². The van der Waals surface area contributed by atoms with Crippen LogP contribution in [-0.4, -0.2) is 37.0 Å². The summed E-state index contributed by atoms with van der Waals surface area (Å²) in [6.45, 7) is 9.90. The molecule has 3 aromatic rings. The van der Waals surface area contributed by atoms with Gasteiger partial charge in [0.1, 0.15) is 5.75 Å². The van der Waals surface area contributed by atoms with Gasteiger partial charge in [-0.05, 0) is 76.6 Å². The van der Waals surface area contributed by atoms with Crippen LogP contribution in [0.3, 0.4) is 0 Å². The summed E-state index contributed by atoms with van der Waals surface area (Å²) in [5, 5.41) is 0. The molecule has 0 saturated carbocycles. The molecular formula is C29H31BrN2O6S. The van der Waals surface area contributed by atoms with Crippen LogP contribution in [0.5, 0.6) is 17.2 Å². The number of methoxy groups -OCH3 is 1. The first-order valence-electron chi connectivity index (χ1n) is 12.6. The number of carbonyl (C=O) groups excluding carboxylic acids is 1. The van der Waals surface area contributed by atoms with E-state index in [1.165, 1.54) is 11.3 Å². The topological polar surface area (TPSA) is 88.4 Å². The summed E-state index contributed by atoms with van der Waals surface area (Å²) >= 11 is 4.77. The molecule has 0 saturated heterocycles. The number of rotatable bonds is 9. The zero-order valence-corrected chi connectivity index (χ0v) is 25.1. The fourth-order valence-corrected chi connectivity index (χ4v) is 5.79. The van der Waals surface area contributed by atoms with Crippen molar-refractivity contribution in [2.45, 2.75) is 46.8 Å². The monoisotopic (exact) mass is 614 g/mol. The minimum Gasteiger partial charge on any atom is -0.493 e. The van der Waals surface area contributed by atoms with Crippen molar-refractivity contribution in [3.63, 3.8) is 0 Å². The first-order chi connectivity index (χ1) is 18.7. The number of hydrogen-bond acceptors (Lipinski definition) is 8. The van der Waals surface area contributed by atoms with Crippen molar-refractivity contribution in [3.05, 3.63) is 83.0 Å². The SMILES string of the molecule is CCOC(=O)C1=C(C)N=c2s/c(=C/c3cc(Br)ccc3OC(C)C)c(=O)n2[C@@H]1c1ccc(OC)c(OCC)c1. The second-order valence-corrected chi connectivity index (χ2v) is 10.9. The molecule has 39 heavy (non-hydrogen) atoms. The van der Waals surface area contributed by atoms with Gasteiger partial charge >= 0.3 is 5.97 Å². The number of halogens is 1. The summed E-state index contributed by atoms with van der Waals surface area (Å²) in [6, 6.07) is 10.3. The number of esters is 1. The summed E-state index contributed by atoms with van der Waals surface area (Å²) in [7, 11) is 1.56. The zero-order chi connectivity index (χ0) is 28.3. The molecule has 1 aliphatic heterocycles. The number of allylic oxidation sites excluding steroid dienone is 1. The number of hydrogen-bond donors (Lipinski definition) is 0. The fraction of sp³-hybridized carbons (Fsp3) is 0.345. The molecule has 0 amide bonds. The molecule has 1 aromatic heterocycles. The second-order valence-electron chi connectivity index (χ2n) is 8.99. The Balaban J connectivity index is 1.97. The number of aromatic nitrogens is 1. The van der Waals surface area contributed by atoms with Gasteiger partial charge in [-0.1, -0.05) is 33.3 Å². The maximum Gasteiger partial charge on any atom is 0.338 e. The highest BCUT2D eigenvalue weighted by Crippen LogP contribution is 2.36. The number of thiazole rings is 1. The predicted octanol–water partition coefficient (Wildman–Crippen LogP) is 4.76. The zero-order valence-electron chi connectivity index (χ0n) is 22.7. The van der Waals surface area contributed by atoms with Crippen molar-refractivity contribution in [1.29, 1.82) is 0 Å². The van der Waals surface area contributed by atoms with E-state index in [1.54, 1.807) is 43.7 Å². The van der Waals surface area contributed by atoms with Crippen LogP contribution in [0, 0.1) is 0 Å². The largest absolute Gasteiger partial charge is 0.493 e. The molecule has 4 rings (SSSR count). The molecule has 0 fully saturated rings. The molecule has 1 aliphatic rings. The van der Waals surface area contributed by atoms with E-state index in [-0.39, 0.29) is 18.3 Å². The normalized spacial score (nSPS) is 15.2. The maximum atomic E-state index is 14.0. The Morgan fingerprint density at radius 2 is 1.87 bits per heavy atom. The number of nitrogens with zero attached hydrogens (tertiary/aromatic N) is 2. The van der Waals surface area contributed by atoms with Crippen molar-refractivity contribution in [2.75, 3.05) is 20.3 Å². The average molecular weight is 616 g/mol.